The van der Waals surface area contributed by atoms with Gasteiger partial charge < -0.3 is 10.2 Å². The quantitative estimate of drug-likeness (QED) is 0.748. The maximum Gasteiger partial charge on any atom is 0.246 e. The van der Waals surface area contributed by atoms with Gasteiger partial charge in [-0.25, -0.2) is 0 Å². The molecule has 0 aliphatic rings. The van der Waals surface area contributed by atoms with E-state index in [1.165, 1.54) is 0 Å². The third-order valence-corrected chi connectivity index (χ3v) is 2.86. The van der Waals surface area contributed by atoms with Gasteiger partial charge in [-0.1, -0.05) is 0 Å². The summed E-state index contributed by atoms with van der Waals surface area (Å²) in [7, 11) is 0. The molecule has 4 nitrogen and oxygen atoms in total. The van der Waals surface area contributed by atoms with Crippen LogP contribution in [0.25, 0.3) is 0 Å². The highest BCUT2D eigenvalue weighted by Gasteiger charge is 2.09. The zero-order valence-corrected chi connectivity index (χ0v) is 7.72. The molecule has 6 heteroatoms. The molecule has 0 saturated carbocycles. The molecule has 0 aliphatic carbocycles. The van der Waals surface area contributed by atoms with Gasteiger partial charge >= 0.3 is 0 Å². The molecule has 1 aromatic rings. The Hall–Kier alpha value is -0.360. The van der Waals surface area contributed by atoms with E-state index in [2.05, 4.69) is 42.1 Å². The number of hydrogen-bond donors (Lipinski definition) is 2. The number of hydrogen-bond acceptors (Lipinski definition) is 4. The van der Waals surface area contributed by atoms with Crippen molar-refractivity contribution < 1.29 is 10.2 Å². The third kappa shape index (κ3) is 1.22. The maximum absolute atomic E-state index is 8.86. The molecule has 0 radical (unpaired) electrons. The molecule has 0 aliphatic heterocycles. The molecule has 1 rings (SSSR count). The van der Waals surface area contributed by atoms with Gasteiger partial charge in [0.1, 0.15) is 8.95 Å². The van der Waals surface area contributed by atoms with E-state index in [1.54, 1.807) is 0 Å². The number of nitrogens with zero attached hydrogens (tertiary/aromatic N) is 2. The minimum Gasteiger partial charge on any atom is -0.491 e. The first-order chi connectivity index (χ1) is 4.63. The Balaban J connectivity index is 3.34. The van der Waals surface area contributed by atoms with Crippen LogP contribution in [0, 0.1) is 0 Å². The lowest BCUT2D eigenvalue weighted by Crippen LogP contribution is -1.84. The second kappa shape index (κ2) is 2.71. The van der Waals surface area contributed by atoms with Gasteiger partial charge in [-0.05, 0) is 31.9 Å². The number of aromatic nitrogens is 2. The molecule has 10 heavy (non-hydrogen) atoms. The van der Waals surface area contributed by atoms with Crippen molar-refractivity contribution in [2.24, 2.45) is 0 Å². The van der Waals surface area contributed by atoms with E-state index >= 15 is 0 Å². The van der Waals surface area contributed by atoms with Crippen molar-refractivity contribution in [1.82, 2.24) is 10.2 Å². The second-order valence-corrected chi connectivity index (χ2v) is 3.06. The number of aromatic hydroxyl groups is 2. The van der Waals surface area contributed by atoms with Crippen LogP contribution < -0.4 is 0 Å². The topological polar surface area (TPSA) is 66.2 Å². The zero-order valence-electron chi connectivity index (χ0n) is 4.54. The molecular weight excluding hydrogens is 268 g/mol. The van der Waals surface area contributed by atoms with Crippen molar-refractivity contribution in [3.05, 3.63) is 8.95 Å². The highest BCUT2D eigenvalue weighted by atomic mass is 79.9. The number of rotatable bonds is 0. The first kappa shape index (κ1) is 7.74. The van der Waals surface area contributed by atoms with Gasteiger partial charge in [0.15, 0.2) is 0 Å². The Morgan fingerprint density at radius 3 is 1.50 bits per heavy atom. The average molecular weight is 270 g/mol. The van der Waals surface area contributed by atoms with Gasteiger partial charge in [-0.2, -0.15) is 0 Å². The summed E-state index contributed by atoms with van der Waals surface area (Å²) >= 11 is 5.94. The molecule has 1 aromatic heterocycles. The fourth-order valence-corrected chi connectivity index (χ4v) is 0.892. The summed E-state index contributed by atoms with van der Waals surface area (Å²) in [6, 6.07) is 0. The molecule has 0 fully saturated rings. The van der Waals surface area contributed by atoms with Crippen LogP contribution >= 0.6 is 31.9 Å². The Labute approximate surface area is 73.2 Å². The Bertz CT molecular complexity index is 239. The molecule has 0 amide bonds. The molecule has 54 valence electrons. The van der Waals surface area contributed by atoms with E-state index in [4.69, 9.17) is 10.2 Å². The van der Waals surface area contributed by atoms with E-state index < -0.39 is 0 Å². The molecule has 0 aromatic carbocycles. The predicted molar refractivity (Wildman–Crippen MR) is 40.8 cm³/mol. The fourth-order valence-electron chi connectivity index (χ4n) is 0.379. The van der Waals surface area contributed by atoms with E-state index in [1.807, 2.05) is 0 Å². The molecule has 1 heterocycles. The van der Waals surface area contributed by atoms with Crippen LogP contribution in [0.4, 0.5) is 0 Å². The smallest absolute Gasteiger partial charge is 0.246 e. The van der Waals surface area contributed by atoms with Gasteiger partial charge in [0, 0.05) is 0 Å². The zero-order chi connectivity index (χ0) is 7.72. The van der Waals surface area contributed by atoms with E-state index in [0.717, 1.165) is 0 Å². The molecule has 0 spiro atoms. The molecule has 0 bridgehead atoms. The summed E-state index contributed by atoms with van der Waals surface area (Å²) < 4.78 is 0.583. The normalized spacial score (nSPS) is 9.80. The summed E-state index contributed by atoms with van der Waals surface area (Å²) in [5, 5.41) is 24.2. The van der Waals surface area contributed by atoms with Gasteiger partial charge in [0.25, 0.3) is 0 Å². The lowest BCUT2D eigenvalue weighted by atomic mass is 10.5. The third-order valence-electron chi connectivity index (χ3n) is 0.825. The molecule has 0 unspecified atom stereocenters. The first-order valence-corrected chi connectivity index (χ1v) is 3.81. The lowest BCUT2D eigenvalue weighted by Gasteiger charge is -1.97. The van der Waals surface area contributed by atoms with Crippen molar-refractivity contribution in [2.75, 3.05) is 0 Å². The molecule has 0 atom stereocenters. The van der Waals surface area contributed by atoms with Crippen molar-refractivity contribution >= 4 is 31.9 Å². The SMILES string of the molecule is Oc1nnc(O)c(Br)c1Br. The largest absolute Gasteiger partial charge is 0.491 e. The van der Waals surface area contributed by atoms with Crippen LogP contribution in [0.2, 0.25) is 0 Å². The van der Waals surface area contributed by atoms with Gasteiger partial charge in [-0.15, -0.1) is 10.2 Å². The minimum absolute atomic E-state index is 0.260. The van der Waals surface area contributed by atoms with E-state index in [0.29, 0.717) is 8.95 Å². The highest BCUT2D eigenvalue weighted by molar-refractivity contribution is 9.13. The van der Waals surface area contributed by atoms with Crippen LogP contribution in [0.3, 0.4) is 0 Å². The molecule has 2 N–H and O–H groups in total. The van der Waals surface area contributed by atoms with Crippen LogP contribution in [-0.4, -0.2) is 20.4 Å². The predicted octanol–water partition coefficient (Wildman–Crippen LogP) is 1.41. The average Bonchev–Trinajstić information content (AvgIpc) is 1.93. The maximum atomic E-state index is 8.86. The lowest BCUT2D eigenvalue weighted by molar-refractivity contribution is 0.407. The van der Waals surface area contributed by atoms with Crippen molar-refractivity contribution in [2.45, 2.75) is 0 Å². The summed E-state index contributed by atoms with van der Waals surface area (Å²) in [5.74, 6) is -0.519. The fraction of sp³-hybridized carbons (Fsp3) is 0. The van der Waals surface area contributed by atoms with Crippen LogP contribution in [0.5, 0.6) is 11.8 Å². The number of halogens is 2. The Kier molecular flexibility index (Phi) is 2.10. The van der Waals surface area contributed by atoms with Gasteiger partial charge in [0.2, 0.25) is 11.8 Å². The van der Waals surface area contributed by atoms with Gasteiger partial charge in [0.05, 0.1) is 0 Å². The van der Waals surface area contributed by atoms with Crippen molar-refractivity contribution in [3.8, 4) is 11.8 Å². The van der Waals surface area contributed by atoms with Crippen LogP contribution in [0.15, 0.2) is 8.95 Å². The highest BCUT2D eigenvalue weighted by Crippen LogP contribution is 2.33. The standard InChI is InChI=1S/C4H2Br2N2O2/c5-1-2(6)4(10)8-7-3(1)9/h(H,7,9)(H,8,10). The Morgan fingerprint density at radius 2 is 1.20 bits per heavy atom. The second-order valence-electron chi connectivity index (χ2n) is 1.48. The van der Waals surface area contributed by atoms with E-state index in [9.17, 15) is 0 Å². The van der Waals surface area contributed by atoms with Crippen LogP contribution in [0.1, 0.15) is 0 Å². The van der Waals surface area contributed by atoms with Gasteiger partial charge in [-0.3, -0.25) is 0 Å². The Morgan fingerprint density at radius 1 is 0.900 bits per heavy atom. The van der Waals surface area contributed by atoms with Crippen molar-refractivity contribution in [1.29, 1.82) is 0 Å². The first-order valence-electron chi connectivity index (χ1n) is 2.22. The van der Waals surface area contributed by atoms with Crippen molar-refractivity contribution in [3.63, 3.8) is 0 Å². The summed E-state index contributed by atoms with van der Waals surface area (Å²) in [6.45, 7) is 0. The molecule has 0 saturated heterocycles. The van der Waals surface area contributed by atoms with Crippen LogP contribution in [-0.2, 0) is 0 Å². The summed E-state index contributed by atoms with van der Waals surface area (Å²) in [6.07, 6.45) is 0. The monoisotopic (exact) mass is 268 g/mol. The van der Waals surface area contributed by atoms with E-state index in [-0.39, 0.29) is 11.8 Å². The summed E-state index contributed by atoms with van der Waals surface area (Å²) in [5.41, 5.74) is 0. The molecular formula is C4H2Br2N2O2. The summed E-state index contributed by atoms with van der Waals surface area (Å²) in [4.78, 5) is 0. The minimum atomic E-state index is -0.260.